The van der Waals surface area contributed by atoms with E-state index in [1.54, 1.807) is 14.1 Å². The van der Waals surface area contributed by atoms with Crippen LogP contribution < -0.4 is 10.6 Å². The highest BCUT2D eigenvalue weighted by Crippen LogP contribution is 2.31. The smallest absolute Gasteiger partial charge is 0.319 e. The predicted octanol–water partition coefficient (Wildman–Crippen LogP) is 2.38. The zero-order chi connectivity index (χ0) is 16.4. The molecule has 22 heavy (non-hydrogen) atoms. The molecule has 1 heterocycles. The standard InChI is InChI=1S/C17H23N3O2/c1-10(2)12-6-8-13(9-7-12)15-14(16(21)20(4)5)11(3)18-17(22)19-15/h6-10,14-15H,3H2,1-2,4-5H3,(H2,18,19,22)/t14-,15+/m0/s1. The quantitative estimate of drug-likeness (QED) is 0.900. The summed E-state index contributed by atoms with van der Waals surface area (Å²) in [7, 11) is 3.40. The van der Waals surface area contributed by atoms with Gasteiger partial charge in [0.1, 0.15) is 5.92 Å². The Kier molecular flexibility index (Phi) is 4.54. The van der Waals surface area contributed by atoms with Crippen LogP contribution in [0.5, 0.6) is 0 Å². The van der Waals surface area contributed by atoms with Gasteiger partial charge in [-0.05, 0) is 17.0 Å². The van der Waals surface area contributed by atoms with Crippen LogP contribution in [0.25, 0.3) is 0 Å². The monoisotopic (exact) mass is 301 g/mol. The van der Waals surface area contributed by atoms with Crippen molar-refractivity contribution in [3.8, 4) is 0 Å². The summed E-state index contributed by atoms with van der Waals surface area (Å²) in [5, 5.41) is 5.44. The Bertz CT molecular complexity index is 590. The van der Waals surface area contributed by atoms with Crippen molar-refractivity contribution >= 4 is 11.9 Å². The van der Waals surface area contributed by atoms with Crippen LogP contribution in [-0.4, -0.2) is 30.9 Å². The summed E-state index contributed by atoms with van der Waals surface area (Å²) < 4.78 is 0. The highest BCUT2D eigenvalue weighted by Gasteiger charge is 2.38. The summed E-state index contributed by atoms with van der Waals surface area (Å²) in [5.41, 5.74) is 2.55. The molecule has 5 heteroatoms. The van der Waals surface area contributed by atoms with Gasteiger partial charge < -0.3 is 15.5 Å². The molecule has 5 nitrogen and oxygen atoms in total. The highest BCUT2D eigenvalue weighted by molar-refractivity contribution is 5.87. The lowest BCUT2D eigenvalue weighted by atomic mass is 9.87. The van der Waals surface area contributed by atoms with E-state index in [-0.39, 0.29) is 11.9 Å². The van der Waals surface area contributed by atoms with Crippen LogP contribution in [0.4, 0.5) is 4.79 Å². The van der Waals surface area contributed by atoms with E-state index >= 15 is 0 Å². The molecule has 0 aromatic heterocycles. The van der Waals surface area contributed by atoms with Crippen molar-refractivity contribution in [1.29, 1.82) is 0 Å². The Morgan fingerprint density at radius 3 is 2.32 bits per heavy atom. The molecular weight excluding hydrogens is 278 g/mol. The molecule has 0 spiro atoms. The number of rotatable bonds is 3. The third kappa shape index (κ3) is 3.13. The second-order valence-corrected chi connectivity index (χ2v) is 6.13. The summed E-state index contributed by atoms with van der Waals surface area (Å²) >= 11 is 0. The average Bonchev–Trinajstić information content (AvgIpc) is 2.45. The van der Waals surface area contributed by atoms with E-state index in [1.807, 2.05) is 24.3 Å². The van der Waals surface area contributed by atoms with E-state index in [9.17, 15) is 9.59 Å². The van der Waals surface area contributed by atoms with Gasteiger partial charge in [0.15, 0.2) is 0 Å². The molecule has 2 atom stereocenters. The molecule has 1 aliphatic heterocycles. The van der Waals surface area contributed by atoms with Gasteiger partial charge in [-0.25, -0.2) is 4.79 Å². The van der Waals surface area contributed by atoms with Gasteiger partial charge in [0.05, 0.1) is 6.04 Å². The minimum Gasteiger partial charge on any atom is -0.348 e. The highest BCUT2D eigenvalue weighted by atomic mass is 16.2. The van der Waals surface area contributed by atoms with Gasteiger partial charge in [-0.1, -0.05) is 44.7 Å². The molecule has 0 radical (unpaired) electrons. The van der Waals surface area contributed by atoms with E-state index in [4.69, 9.17) is 0 Å². The molecular formula is C17H23N3O2. The normalized spacial score (nSPS) is 21.3. The number of amides is 3. The minimum atomic E-state index is -0.516. The van der Waals surface area contributed by atoms with Crippen molar-refractivity contribution in [2.45, 2.75) is 25.8 Å². The lowest BCUT2D eigenvalue weighted by Crippen LogP contribution is -2.52. The number of hydrogen-bond acceptors (Lipinski definition) is 2. The molecule has 1 aliphatic rings. The topological polar surface area (TPSA) is 61.4 Å². The number of carbonyl (C=O) groups is 2. The Balaban J connectivity index is 2.36. The molecule has 1 fully saturated rings. The third-order valence-corrected chi connectivity index (χ3v) is 3.94. The Hall–Kier alpha value is -2.30. The Morgan fingerprint density at radius 2 is 1.82 bits per heavy atom. The Morgan fingerprint density at radius 1 is 1.23 bits per heavy atom. The number of hydrogen-bond donors (Lipinski definition) is 2. The second-order valence-electron chi connectivity index (χ2n) is 6.13. The maximum atomic E-state index is 12.4. The van der Waals surface area contributed by atoms with Crippen LogP contribution in [0, 0.1) is 5.92 Å². The number of nitrogens with zero attached hydrogens (tertiary/aromatic N) is 1. The first-order chi connectivity index (χ1) is 10.3. The largest absolute Gasteiger partial charge is 0.348 e. The van der Waals surface area contributed by atoms with E-state index in [0.29, 0.717) is 11.6 Å². The average molecular weight is 301 g/mol. The lowest BCUT2D eigenvalue weighted by molar-refractivity contribution is -0.132. The summed E-state index contributed by atoms with van der Waals surface area (Å²) in [6, 6.07) is 7.27. The van der Waals surface area contributed by atoms with Gasteiger partial charge in [0.2, 0.25) is 5.91 Å². The molecule has 1 saturated heterocycles. The second kappa shape index (κ2) is 6.22. The van der Waals surface area contributed by atoms with E-state index in [1.165, 1.54) is 10.5 Å². The number of nitrogens with one attached hydrogen (secondary N) is 2. The van der Waals surface area contributed by atoms with Crippen molar-refractivity contribution in [2.75, 3.05) is 14.1 Å². The van der Waals surface area contributed by atoms with E-state index < -0.39 is 12.0 Å². The van der Waals surface area contributed by atoms with Crippen LogP contribution in [-0.2, 0) is 4.79 Å². The lowest BCUT2D eigenvalue weighted by Gasteiger charge is -2.35. The van der Waals surface area contributed by atoms with Crippen LogP contribution >= 0.6 is 0 Å². The first-order valence-corrected chi connectivity index (χ1v) is 7.38. The number of urea groups is 1. The van der Waals surface area contributed by atoms with Crippen molar-refractivity contribution < 1.29 is 9.59 Å². The van der Waals surface area contributed by atoms with Crippen molar-refractivity contribution in [2.24, 2.45) is 5.92 Å². The summed E-state index contributed by atoms with van der Waals surface area (Å²) in [5.74, 6) is -0.168. The molecule has 0 saturated carbocycles. The molecule has 2 N–H and O–H groups in total. The fourth-order valence-corrected chi connectivity index (χ4v) is 2.62. The summed E-state index contributed by atoms with van der Waals surface area (Å²) in [6.45, 7) is 8.10. The van der Waals surface area contributed by atoms with Gasteiger partial charge in [-0.2, -0.15) is 0 Å². The van der Waals surface area contributed by atoms with Gasteiger partial charge in [-0.15, -0.1) is 0 Å². The van der Waals surface area contributed by atoms with Crippen molar-refractivity contribution in [3.63, 3.8) is 0 Å². The van der Waals surface area contributed by atoms with Gasteiger partial charge in [0, 0.05) is 19.8 Å². The van der Waals surface area contributed by atoms with Gasteiger partial charge in [-0.3, -0.25) is 4.79 Å². The number of carbonyl (C=O) groups excluding carboxylic acids is 2. The molecule has 0 unspecified atom stereocenters. The van der Waals surface area contributed by atoms with Gasteiger partial charge >= 0.3 is 6.03 Å². The molecule has 0 aliphatic carbocycles. The maximum absolute atomic E-state index is 12.4. The van der Waals surface area contributed by atoms with Crippen LogP contribution in [0.1, 0.15) is 36.9 Å². The molecule has 1 aromatic rings. The fraction of sp³-hybridized carbons (Fsp3) is 0.412. The van der Waals surface area contributed by atoms with Crippen LogP contribution in [0.15, 0.2) is 36.5 Å². The molecule has 2 rings (SSSR count). The molecule has 0 bridgehead atoms. The summed E-state index contributed by atoms with van der Waals surface area (Å²) in [6.07, 6.45) is 0. The minimum absolute atomic E-state index is 0.0876. The van der Waals surface area contributed by atoms with E-state index in [0.717, 1.165) is 5.56 Å². The SMILES string of the molecule is C=C1NC(=O)N[C@H](c2ccc(C(C)C)cc2)[C@H]1C(=O)N(C)C. The predicted molar refractivity (Wildman–Crippen MR) is 86.3 cm³/mol. The van der Waals surface area contributed by atoms with Crippen LogP contribution in [0.3, 0.4) is 0 Å². The van der Waals surface area contributed by atoms with E-state index in [2.05, 4.69) is 31.1 Å². The van der Waals surface area contributed by atoms with Crippen LogP contribution in [0.2, 0.25) is 0 Å². The zero-order valence-electron chi connectivity index (χ0n) is 13.5. The zero-order valence-corrected chi connectivity index (χ0v) is 13.5. The number of benzene rings is 1. The molecule has 3 amide bonds. The maximum Gasteiger partial charge on any atom is 0.319 e. The summed E-state index contributed by atoms with van der Waals surface area (Å²) in [4.78, 5) is 25.7. The molecule has 1 aromatic carbocycles. The first kappa shape index (κ1) is 16.1. The van der Waals surface area contributed by atoms with Crippen molar-refractivity contribution in [3.05, 3.63) is 47.7 Å². The van der Waals surface area contributed by atoms with Gasteiger partial charge in [0.25, 0.3) is 0 Å². The molecule has 118 valence electrons. The first-order valence-electron chi connectivity index (χ1n) is 7.38. The fourth-order valence-electron chi connectivity index (χ4n) is 2.62. The van der Waals surface area contributed by atoms with Crippen molar-refractivity contribution in [1.82, 2.24) is 15.5 Å². The Labute approximate surface area is 131 Å². The third-order valence-electron chi connectivity index (χ3n) is 3.94.